The van der Waals surface area contributed by atoms with Crippen molar-refractivity contribution in [2.24, 2.45) is 0 Å². The quantitative estimate of drug-likeness (QED) is 0.280. The number of benzene rings is 1. The van der Waals surface area contributed by atoms with Gasteiger partial charge in [0.2, 0.25) is 0 Å². The van der Waals surface area contributed by atoms with Crippen LogP contribution < -0.4 is 16.0 Å². The fourth-order valence-corrected chi connectivity index (χ4v) is 2.45. The number of nitrogens with one attached hydrogen (secondary N) is 3. The summed E-state index contributed by atoms with van der Waals surface area (Å²) in [5.41, 5.74) is 0.638. The molecular weight excluding hydrogens is 338 g/mol. The second-order valence-electron chi connectivity index (χ2n) is 5.56. The first-order chi connectivity index (χ1) is 12.5. The van der Waals surface area contributed by atoms with Gasteiger partial charge in [0, 0.05) is 12.1 Å². The fraction of sp³-hybridized carbons (Fsp3) is 0.333. The zero-order valence-electron chi connectivity index (χ0n) is 14.5. The minimum atomic E-state index is -0.665. The molecule has 0 saturated carbocycles. The van der Waals surface area contributed by atoms with Crippen LogP contribution in [0.3, 0.4) is 0 Å². The van der Waals surface area contributed by atoms with Crippen molar-refractivity contribution in [1.82, 2.24) is 16.0 Å². The highest BCUT2D eigenvalue weighted by Crippen LogP contribution is 2.16. The van der Waals surface area contributed by atoms with E-state index in [2.05, 4.69) is 16.0 Å². The molecule has 138 valence electrons. The SMILES string of the molecule is CCOC(=O)C(CCCCNC(=O)c1ccccc1)=C1NC(=O)NC1=O. The molecule has 0 spiro atoms. The van der Waals surface area contributed by atoms with Gasteiger partial charge in [0.15, 0.2) is 0 Å². The second-order valence-corrected chi connectivity index (χ2v) is 5.56. The number of unbranched alkanes of at least 4 members (excludes halogenated alkanes) is 1. The molecule has 0 bridgehead atoms. The summed E-state index contributed by atoms with van der Waals surface area (Å²) in [6.45, 7) is 2.25. The highest BCUT2D eigenvalue weighted by Gasteiger charge is 2.29. The summed E-state index contributed by atoms with van der Waals surface area (Å²) in [6.07, 6.45) is 1.39. The van der Waals surface area contributed by atoms with Crippen molar-refractivity contribution in [2.75, 3.05) is 13.2 Å². The molecule has 0 aliphatic carbocycles. The minimum Gasteiger partial charge on any atom is -0.463 e. The van der Waals surface area contributed by atoms with E-state index in [1.807, 2.05) is 6.07 Å². The number of hydrogen-bond acceptors (Lipinski definition) is 5. The third-order valence-electron chi connectivity index (χ3n) is 3.69. The maximum absolute atomic E-state index is 12.1. The molecule has 0 aromatic heterocycles. The maximum atomic E-state index is 12.1. The van der Waals surface area contributed by atoms with E-state index in [9.17, 15) is 19.2 Å². The third-order valence-corrected chi connectivity index (χ3v) is 3.69. The number of carbonyl (C=O) groups is 4. The number of esters is 1. The first-order valence-corrected chi connectivity index (χ1v) is 8.38. The van der Waals surface area contributed by atoms with Crippen LogP contribution in [0, 0.1) is 0 Å². The molecule has 4 amide bonds. The number of hydrogen-bond donors (Lipinski definition) is 3. The Morgan fingerprint density at radius 2 is 1.81 bits per heavy atom. The number of ether oxygens (including phenoxy) is 1. The van der Waals surface area contributed by atoms with Gasteiger partial charge in [-0.1, -0.05) is 18.2 Å². The molecule has 8 nitrogen and oxygen atoms in total. The lowest BCUT2D eigenvalue weighted by atomic mass is 10.1. The smallest absolute Gasteiger partial charge is 0.336 e. The molecule has 8 heteroatoms. The topological polar surface area (TPSA) is 114 Å². The molecule has 1 fully saturated rings. The second kappa shape index (κ2) is 9.36. The Morgan fingerprint density at radius 3 is 2.42 bits per heavy atom. The van der Waals surface area contributed by atoms with Gasteiger partial charge in [0.25, 0.3) is 11.8 Å². The molecular formula is C18H21N3O5. The predicted octanol–water partition coefficient (Wildman–Crippen LogP) is 1.24. The normalized spacial score (nSPS) is 15.1. The number of rotatable bonds is 8. The van der Waals surface area contributed by atoms with E-state index < -0.39 is 17.9 Å². The van der Waals surface area contributed by atoms with Crippen molar-refractivity contribution < 1.29 is 23.9 Å². The van der Waals surface area contributed by atoms with Crippen LogP contribution in [0.1, 0.15) is 36.5 Å². The van der Waals surface area contributed by atoms with Gasteiger partial charge in [-0.15, -0.1) is 0 Å². The largest absolute Gasteiger partial charge is 0.463 e. The van der Waals surface area contributed by atoms with Crippen molar-refractivity contribution in [1.29, 1.82) is 0 Å². The Kier molecular flexibility index (Phi) is 6.90. The predicted molar refractivity (Wildman–Crippen MR) is 93.0 cm³/mol. The van der Waals surface area contributed by atoms with Gasteiger partial charge >= 0.3 is 12.0 Å². The molecule has 3 N–H and O–H groups in total. The molecule has 1 heterocycles. The summed E-state index contributed by atoms with van der Waals surface area (Å²) in [5.74, 6) is -1.44. The van der Waals surface area contributed by atoms with Crippen LogP contribution in [-0.4, -0.2) is 37.0 Å². The summed E-state index contributed by atoms with van der Waals surface area (Å²) in [4.78, 5) is 47.0. The third kappa shape index (κ3) is 5.17. The van der Waals surface area contributed by atoms with Crippen LogP contribution in [0.25, 0.3) is 0 Å². The summed E-state index contributed by atoms with van der Waals surface area (Å²) in [7, 11) is 0. The Labute approximate surface area is 151 Å². The first-order valence-electron chi connectivity index (χ1n) is 8.38. The summed E-state index contributed by atoms with van der Waals surface area (Å²) < 4.78 is 4.96. The molecule has 0 unspecified atom stereocenters. The zero-order chi connectivity index (χ0) is 18.9. The van der Waals surface area contributed by atoms with Crippen molar-refractivity contribution >= 4 is 23.8 Å². The van der Waals surface area contributed by atoms with E-state index >= 15 is 0 Å². The van der Waals surface area contributed by atoms with Crippen LogP contribution in [0.2, 0.25) is 0 Å². The first kappa shape index (κ1) is 19.2. The van der Waals surface area contributed by atoms with Gasteiger partial charge in [-0.25, -0.2) is 9.59 Å². The Morgan fingerprint density at radius 1 is 1.08 bits per heavy atom. The standard InChI is InChI=1S/C18H21N3O5/c1-2-26-17(24)13(14-16(23)21-18(25)20-14)10-6-7-11-19-15(22)12-8-4-3-5-9-12/h3-5,8-9H,2,6-7,10-11H2,1H3,(H,19,22)(H2,20,21,23,25). The Bertz CT molecular complexity index is 728. The Balaban J connectivity index is 1.87. The Hall–Kier alpha value is -3.16. The maximum Gasteiger partial charge on any atom is 0.336 e. The van der Waals surface area contributed by atoms with E-state index in [1.54, 1.807) is 31.2 Å². The minimum absolute atomic E-state index is 0.0678. The van der Waals surface area contributed by atoms with Gasteiger partial charge in [-0.2, -0.15) is 0 Å². The molecule has 1 aromatic carbocycles. The van der Waals surface area contributed by atoms with Crippen LogP contribution in [0.15, 0.2) is 41.6 Å². The summed E-state index contributed by atoms with van der Waals surface area (Å²) in [6, 6.07) is 8.18. The van der Waals surface area contributed by atoms with Crippen molar-refractivity contribution in [3.63, 3.8) is 0 Å². The molecule has 1 aliphatic rings. The number of amides is 4. The van der Waals surface area contributed by atoms with E-state index in [4.69, 9.17) is 4.74 Å². The molecule has 1 aliphatic heterocycles. The average Bonchev–Trinajstić information content (AvgIpc) is 2.96. The van der Waals surface area contributed by atoms with E-state index in [1.165, 1.54) is 0 Å². The van der Waals surface area contributed by atoms with Crippen molar-refractivity contribution in [2.45, 2.75) is 26.2 Å². The molecule has 1 aromatic rings. The zero-order valence-corrected chi connectivity index (χ0v) is 14.5. The van der Waals surface area contributed by atoms with Gasteiger partial charge in [-0.05, 0) is 38.3 Å². The molecule has 1 saturated heterocycles. The molecule has 2 rings (SSSR count). The summed E-state index contributed by atoms with van der Waals surface area (Å²) in [5, 5.41) is 7.19. The molecule has 0 atom stereocenters. The monoisotopic (exact) mass is 359 g/mol. The van der Waals surface area contributed by atoms with E-state index in [0.29, 0.717) is 24.9 Å². The highest BCUT2D eigenvalue weighted by atomic mass is 16.5. The number of imide groups is 1. The lowest BCUT2D eigenvalue weighted by molar-refractivity contribution is -0.139. The van der Waals surface area contributed by atoms with E-state index in [0.717, 1.165) is 0 Å². The lowest BCUT2D eigenvalue weighted by Crippen LogP contribution is -2.24. The van der Waals surface area contributed by atoms with Crippen molar-refractivity contribution in [3.8, 4) is 0 Å². The summed E-state index contributed by atoms with van der Waals surface area (Å²) >= 11 is 0. The van der Waals surface area contributed by atoms with Crippen molar-refractivity contribution in [3.05, 3.63) is 47.2 Å². The van der Waals surface area contributed by atoms with E-state index in [-0.39, 0.29) is 30.2 Å². The van der Waals surface area contributed by atoms with Crippen LogP contribution >= 0.6 is 0 Å². The van der Waals surface area contributed by atoms with Crippen LogP contribution in [0.5, 0.6) is 0 Å². The lowest BCUT2D eigenvalue weighted by Gasteiger charge is -2.10. The van der Waals surface area contributed by atoms with Gasteiger partial charge in [0.1, 0.15) is 5.70 Å². The molecule has 26 heavy (non-hydrogen) atoms. The number of urea groups is 1. The number of carbonyl (C=O) groups excluding carboxylic acids is 4. The molecule has 0 radical (unpaired) electrons. The highest BCUT2D eigenvalue weighted by molar-refractivity contribution is 6.15. The van der Waals surface area contributed by atoms with Gasteiger partial charge in [-0.3, -0.25) is 14.9 Å². The van der Waals surface area contributed by atoms with Gasteiger partial charge in [0.05, 0.1) is 12.2 Å². The fourth-order valence-electron chi connectivity index (χ4n) is 2.45. The van der Waals surface area contributed by atoms with Crippen LogP contribution in [0.4, 0.5) is 4.79 Å². The average molecular weight is 359 g/mol. The van der Waals surface area contributed by atoms with Gasteiger partial charge < -0.3 is 15.4 Å². The van der Waals surface area contributed by atoms with Crippen LogP contribution in [-0.2, 0) is 14.3 Å².